The maximum Gasteiger partial charge on any atom is 0.410 e. The van der Waals surface area contributed by atoms with Crippen molar-refractivity contribution in [1.29, 1.82) is 0 Å². The maximum absolute atomic E-state index is 12.3. The van der Waals surface area contributed by atoms with Crippen molar-refractivity contribution in [3.05, 3.63) is 28.0 Å². The van der Waals surface area contributed by atoms with Gasteiger partial charge in [0.2, 0.25) is 0 Å². The summed E-state index contributed by atoms with van der Waals surface area (Å²) in [5.41, 5.74) is 0.259. The Balaban J connectivity index is 1.86. The number of piperidine rings is 1. The summed E-state index contributed by atoms with van der Waals surface area (Å²) in [6.07, 6.45) is 5.11. The van der Waals surface area contributed by atoms with Crippen LogP contribution in [0.5, 0.6) is 0 Å². The summed E-state index contributed by atoms with van der Waals surface area (Å²) in [6.45, 7) is 6.92. The highest BCUT2D eigenvalue weighted by atomic mass is 79.9. The second-order valence-corrected chi connectivity index (χ2v) is 8.07. The molecule has 0 saturated carbocycles. The van der Waals surface area contributed by atoms with Crippen LogP contribution in [0.15, 0.2) is 17.0 Å². The summed E-state index contributed by atoms with van der Waals surface area (Å²) in [6, 6.07) is 0. The second kappa shape index (κ2) is 6.52. The molecular weight excluding hydrogens is 396 g/mol. The highest BCUT2D eigenvalue weighted by Crippen LogP contribution is 2.32. The van der Waals surface area contributed by atoms with Gasteiger partial charge in [0.05, 0.1) is 0 Å². The zero-order chi connectivity index (χ0) is 17.5. The Bertz CT molecular complexity index is 771. The lowest BCUT2D eigenvalue weighted by Crippen LogP contribution is -2.42. The van der Waals surface area contributed by atoms with Gasteiger partial charge in [-0.3, -0.25) is 4.40 Å². The molecule has 2 aromatic heterocycles. The van der Waals surface area contributed by atoms with E-state index in [9.17, 15) is 4.79 Å². The van der Waals surface area contributed by atoms with Gasteiger partial charge in [0.15, 0.2) is 5.15 Å². The Morgan fingerprint density at radius 1 is 1.46 bits per heavy atom. The number of hydrogen-bond donors (Lipinski definition) is 0. The molecule has 1 aliphatic heterocycles. The topological polar surface area (TPSA) is 59.7 Å². The number of aromatic nitrogens is 3. The number of nitrogens with zero attached hydrogens (tertiary/aromatic N) is 4. The van der Waals surface area contributed by atoms with E-state index in [2.05, 4.69) is 25.9 Å². The number of ether oxygens (including phenoxy) is 1. The van der Waals surface area contributed by atoms with Crippen LogP contribution in [0.4, 0.5) is 4.79 Å². The molecule has 24 heavy (non-hydrogen) atoms. The minimum absolute atomic E-state index is 0.128. The number of likely N-dealkylation sites (tertiary alicyclic amines) is 1. The molecule has 2 aromatic rings. The van der Waals surface area contributed by atoms with Gasteiger partial charge >= 0.3 is 6.09 Å². The van der Waals surface area contributed by atoms with E-state index in [0.29, 0.717) is 22.8 Å². The van der Waals surface area contributed by atoms with Gasteiger partial charge in [-0.1, -0.05) is 11.6 Å². The average molecular weight is 416 g/mol. The quantitative estimate of drug-likeness (QED) is 0.698. The molecule has 0 bridgehead atoms. The lowest BCUT2D eigenvalue weighted by atomic mass is 9.97. The van der Waals surface area contributed by atoms with Crippen LogP contribution in [-0.4, -0.2) is 44.1 Å². The van der Waals surface area contributed by atoms with E-state index in [1.807, 2.05) is 31.4 Å². The Hall–Kier alpha value is -1.34. The molecule has 1 aliphatic rings. The van der Waals surface area contributed by atoms with Gasteiger partial charge in [0.1, 0.15) is 21.5 Å². The normalized spacial score (nSPS) is 18.9. The van der Waals surface area contributed by atoms with Crippen LogP contribution in [0.1, 0.15) is 45.4 Å². The molecule has 1 amide bonds. The molecule has 3 rings (SSSR count). The first-order valence-electron chi connectivity index (χ1n) is 7.92. The Kier molecular flexibility index (Phi) is 4.75. The maximum atomic E-state index is 12.3. The van der Waals surface area contributed by atoms with E-state index in [1.54, 1.807) is 11.1 Å². The van der Waals surface area contributed by atoms with Crippen LogP contribution in [0.25, 0.3) is 5.52 Å². The summed E-state index contributed by atoms with van der Waals surface area (Å²) in [7, 11) is 0. The van der Waals surface area contributed by atoms with Gasteiger partial charge in [0.25, 0.3) is 0 Å². The Morgan fingerprint density at radius 2 is 2.21 bits per heavy atom. The zero-order valence-electron chi connectivity index (χ0n) is 13.9. The fourth-order valence-corrected chi connectivity index (χ4v) is 3.86. The summed E-state index contributed by atoms with van der Waals surface area (Å²) in [5, 5.41) is 0.405. The fraction of sp³-hybridized carbons (Fsp3) is 0.562. The van der Waals surface area contributed by atoms with Gasteiger partial charge in [-0.2, -0.15) is 0 Å². The van der Waals surface area contributed by atoms with Crippen molar-refractivity contribution in [2.75, 3.05) is 13.1 Å². The number of halogens is 2. The highest BCUT2D eigenvalue weighted by molar-refractivity contribution is 9.10. The molecule has 1 fully saturated rings. The van der Waals surface area contributed by atoms with Crippen LogP contribution >= 0.6 is 27.5 Å². The monoisotopic (exact) mass is 414 g/mol. The predicted octanol–water partition coefficient (Wildman–Crippen LogP) is 4.26. The van der Waals surface area contributed by atoms with Gasteiger partial charge < -0.3 is 9.64 Å². The Labute approximate surface area is 154 Å². The number of fused-ring (bicyclic) bond motifs is 1. The lowest BCUT2D eigenvalue weighted by molar-refractivity contribution is 0.0196. The zero-order valence-corrected chi connectivity index (χ0v) is 16.3. The predicted molar refractivity (Wildman–Crippen MR) is 95.5 cm³/mol. The molecule has 0 aromatic carbocycles. The smallest absolute Gasteiger partial charge is 0.410 e. The fourth-order valence-electron chi connectivity index (χ4n) is 2.95. The molecule has 0 aliphatic carbocycles. The summed E-state index contributed by atoms with van der Waals surface area (Å²) < 4.78 is 8.11. The van der Waals surface area contributed by atoms with Crippen LogP contribution in [0.2, 0.25) is 5.15 Å². The van der Waals surface area contributed by atoms with E-state index in [0.717, 1.165) is 24.2 Å². The van der Waals surface area contributed by atoms with Crippen molar-refractivity contribution in [2.24, 2.45) is 0 Å². The molecule has 8 heteroatoms. The second-order valence-electron chi connectivity index (χ2n) is 6.96. The third-order valence-corrected chi connectivity index (χ3v) is 4.76. The molecular formula is C16H20BrClN4O2. The number of amides is 1. The number of rotatable bonds is 1. The van der Waals surface area contributed by atoms with E-state index < -0.39 is 5.60 Å². The summed E-state index contributed by atoms with van der Waals surface area (Å²) >= 11 is 9.64. The lowest BCUT2D eigenvalue weighted by Gasteiger charge is -2.33. The van der Waals surface area contributed by atoms with Gasteiger partial charge in [-0.15, -0.1) is 0 Å². The van der Waals surface area contributed by atoms with E-state index in [-0.39, 0.29) is 12.0 Å². The number of carbonyl (C=O) groups excluding carboxylic acids is 1. The van der Waals surface area contributed by atoms with Crippen molar-refractivity contribution in [3.63, 3.8) is 0 Å². The molecule has 3 heterocycles. The third-order valence-electron chi connectivity index (χ3n) is 3.93. The molecule has 1 unspecified atom stereocenters. The SMILES string of the molecule is CC(C)(C)OC(=O)N1CCCC(c2nc(Br)c3c(Cl)nccn23)C1. The van der Waals surface area contributed by atoms with Crippen LogP contribution in [0.3, 0.4) is 0 Å². The van der Waals surface area contributed by atoms with Crippen molar-refractivity contribution in [1.82, 2.24) is 19.3 Å². The van der Waals surface area contributed by atoms with Crippen molar-refractivity contribution >= 4 is 39.1 Å². The molecule has 130 valence electrons. The van der Waals surface area contributed by atoms with Crippen molar-refractivity contribution < 1.29 is 9.53 Å². The largest absolute Gasteiger partial charge is 0.444 e. The molecule has 0 radical (unpaired) electrons. The van der Waals surface area contributed by atoms with E-state index in [1.165, 1.54) is 0 Å². The first-order chi connectivity index (χ1) is 11.3. The van der Waals surface area contributed by atoms with Gasteiger partial charge in [-0.25, -0.2) is 14.8 Å². The molecule has 1 atom stereocenters. The van der Waals surface area contributed by atoms with Crippen molar-refractivity contribution in [2.45, 2.75) is 45.1 Å². The van der Waals surface area contributed by atoms with E-state index in [4.69, 9.17) is 16.3 Å². The molecule has 6 nitrogen and oxygen atoms in total. The standard InChI is InChI=1S/C16H20BrClN4O2/c1-16(2,3)24-15(23)21-7-4-5-10(9-21)14-20-12(17)11-13(18)19-6-8-22(11)14/h6,8,10H,4-5,7,9H2,1-3H3. The van der Waals surface area contributed by atoms with Crippen LogP contribution in [0, 0.1) is 0 Å². The number of imidazole rings is 1. The first-order valence-corrected chi connectivity index (χ1v) is 9.09. The van der Waals surface area contributed by atoms with Gasteiger partial charge in [0, 0.05) is 31.4 Å². The number of carbonyl (C=O) groups is 1. The average Bonchev–Trinajstić information content (AvgIpc) is 2.84. The van der Waals surface area contributed by atoms with E-state index >= 15 is 0 Å². The van der Waals surface area contributed by atoms with Gasteiger partial charge in [-0.05, 0) is 49.5 Å². The van der Waals surface area contributed by atoms with Crippen LogP contribution < -0.4 is 0 Å². The minimum atomic E-state index is -0.494. The third kappa shape index (κ3) is 3.52. The summed E-state index contributed by atoms with van der Waals surface area (Å²) in [5.74, 6) is 1.01. The first kappa shape index (κ1) is 17.5. The molecule has 0 N–H and O–H groups in total. The van der Waals surface area contributed by atoms with Crippen molar-refractivity contribution in [3.8, 4) is 0 Å². The molecule has 0 spiro atoms. The molecule has 1 saturated heterocycles. The minimum Gasteiger partial charge on any atom is -0.444 e. The number of hydrogen-bond acceptors (Lipinski definition) is 4. The Morgan fingerprint density at radius 3 is 2.92 bits per heavy atom. The van der Waals surface area contributed by atoms with Crippen LogP contribution in [-0.2, 0) is 4.74 Å². The highest BCUT2D eigenvalue weighted by Gasteiger charge is 2.31. The summed E-state index contributed by atoms with van der Waals surface area (Å²) in [4.78, 5) is 22.8.